The molecule has 0 heterocycles. The Balaban J connectivity index is 1.88. The van der Waals surface area contributed by atoms with Crippen LogP contribution in [0.1, 0.15) is 21.5 Å². The lowest BCUT2D eigenvalue weighted by molar-refractivity contribution is -0.120. The van der Waals surface area contributed by atoms with Crippen molar-refractivity contribution in [2.75, 3.05) is 13.2 Å². The second-order valence-corrected chi connectivity index (χ2v) is 6.43. The van der Waals surface area contributed by atoms with Crippen LogP contribution in [-0.2, 0) is 4.79 Å². The van der Waals surface area contributed by atoms with Crippen LogP contribution >= 0.6 is 15.9 Å². The molecular formula is C20H18BrN3O3. The predicted octanol–water partition coefficient (Wildman–Crippen LogP) is 2.65. The molecule has 6 nitrogen and oxygen atoms in total. The monoisotopic (exact) mass is 427 g/mol. The van der Waals surface area contributed by atoms with Crippen molar-refractivity contribution in [3.05, 3.63) is 63.6 Å². The first-order chi connectivity index (χ1) is 13.0. The number of carbonyl (C=O) groups is 2. The Morgan fingerprint density at radius 1 is 1.26 bits per heavy atom. The lowest BCUT2D eigenvalue weighted by Crippen LogP contribution is -2.34. The highest BCUT2D eigenvalue weighted by Crippen LogP contribution is 2.21. The Kier molecular flexibility index (Phi) is 7.59. The molecule has 2 aromatic carbocycles. The van der Waals surface area contributed by atoms with Crippen molar-refractivity contribution >= 4 is 34.0 Å². The molecule has 0 aliphatic heterocycles. The van der Waals surface area contributed by atoms with Crippen molar-refractivity contribution in [2.45, 2.75) is 6.92 Å². The molecule has 0 bridgehead atoms. The summed E-state index contributed by atoms with van der Waals surface area (Å²) >= 11 is 3.36. The molecule has 0 aromatic heterocycles. The number of rotatable bonds is 7. The summed E-state index contributed by atoms with van der Waals surface area (Å²) in [6.45, 7) is 1.87. The van der Waals surface area contributed by atoms with Gasteiger partial charge in [-0.25, -0.2) is 5.43 Å². The second kappa shape index (κ2) is 10.1. The average Bonchev–Trinajstić information content (AvgIpc) is 2.66. The first-order valence-electron chi connectivity index (χ1n) is 8.02. The Morgan fingerprint density at radius 3 is 2.70 bits per heavy atom. The van der Waals surface area contributed by atoms with Crippen molar-refractivity contribution < 1.29 is 14.3 Å². The molecule has 138 valence electrons. The number of benzene rings is 2. The average molecular weight is 428 g/mol. The lowest BCUT2D eigenvalue weighted by Gasteiger charge is -2.07. The van der Waals surface area contributed by atoms with E-state index < -0.39 is 5.91 Å². The van der Waals surface area contributed by atoms with Gasteiger partial charge in [0.05, 0.1) is 12.8 Å². The van der Waals surface area contributed by atoms with E-state index in [2.05, 4.69) is 37.7 Å². The van der Waals surface area contributed by atoms with Crippen molar-refractivity contribution in [1.29, 1.82) is 0 Å². The number of amides is 2. The summed E-state index contributed by atoms with van der Waals surface area (Å²) < 4.78 is 6.24. The van der Waals surface area contributed by atoms with Gasteiger partial charge in [-0.1, -0.05) is 39.5 Å². The van der Waals surface area contributed by atoms with Gasteiger partial charge < -0.3 is 10.1 Å². The third-order valence-corrected chi connectivity index (χ3v) is 3.89. The molecule has 0 aliphatic carbocycles. The van der Waals surface area contributed by atoms with Crippen molar-refractivity contribution in [1.82, 2.24) is 10.7 Å². The summed E-state index contributed by atoms with van der Waals surface area (Å²) in [6.07, 6.45) is 6.63. The van der Waals surface area contributed by atoms with Crippen LogP contribution in [0.2, 0.25) is 0 Å². The SMILES string of the molecule is C#CCOc1ccc(Br)cc1/C=N\NC(=O)CNC(=O)c1ccc(C)cc1. The number of halogens is 1. The molecular weight excluding hydrogens is 410 g/mol. The van der Waals surface area contributed by atoms with Crippen LogP contribution < -0.4 is 15.5 Å². The highest BCUT2D eigenvalue weighted by molar-refractivity contribution is 9.10. The summed E-state index contributed by atoms with van der Waals surface area (Å²) in [4.78, 5) is 23.8. The minimum Gasteiger partial charge on any atom is -0.480 e. The molecule has 0 radical (unpaired) electrons. The fourth-order valence-electron chi connectivity index (χ4n) is 2.05. The minimum atomic E-state index is -0.451. The molecule has 2 aromatic rings. The Bertz CT molecular complexity index is 886. The second-order valence-electron chi connectivity index (χ2n) is 5.52. The van der Waals surface area contributed by atoms with E-state index in [4.69, 9.17) is 11.2 Å². The minimum absolute atomic E-state index is 0.125. The molecule has 2 N–H and O–H groups in total. The molecule has 27 heavy (non-hydrogen) atoms. The normalized spacial score (nSPS) is 10.3. The van der Waals surface area contributed by atoms with Crippen LogP contribution in [0, 0.1) is 19.3 Å². The number of terminal acetylenes is 1. The van der Waals surface area contributed by atoms with Crippen molar-refractivity contribution in [3.8, 4) is 18.1 Å². The zero-order valence-corrected chi connectivity index (χ0v) is 16.2. The number of aryl methyl sites for hydroxylation is 1. The highest BCUT2D eigenvalue weighted by Gasteiger charge is 2.07. The van der Waals surface area contributed by atoms with Gasteiger partial charge in [-0.15, -0.1) is 6.42 Å². The van der Waals surface area contributed by atoms with Crippen LogP contribution in [0.25, 0.3) is 0 Å². The number of nitrogens with zero attached hydrogens (tertiary/aromatic N) is 1. The zero-order valence-electron chi connectivity index (χ0n) is 14.7. The van der Waals surface area contributed by atoms with E-state index >= 15 is 0 Å². The molecule has 2 amide bonds. The first-order valence-corrected chi connectivity index (χ1v) is 8.81. The van der Waals surface area contributed by atoms with Crippen LogP contribution in [0.15, 0.2) is 52.0 Å². The maximum absolute atomic E-state index is 12.0. The van der Waals surface area contributed by atoms with Gasteiger partial charge in [-0.05, 0) is 37.3 Å². The quantitative estimate of drug-likeness (QED) is 0.404. The number of hydrogen-bond acceptors (Lipinski definition) is 4. The summed E-state index contributed by atoms with van der Waals surface area (Å²) in [5.41, 5.74) is 4.54. The van der Waals surface area contributed by atoms with Crippen LogP contribution in [0.3, 0.4) is 0 Å². The number of carbonyl (C=O) groups excluding carboxylic acids is 2. The zero-order chi connectivity index (χ0) is 19.6. The van der Waals surface area contributed by atoms with E-state index in [0.717, 1.165) is 10.0 Å². The van der Waals surface area contributed by atoms with E-state index in [1.54, 1.807) is 24.3 Å². The summed E-state index contributed by atoms with van der Waals surface area (Å²) in [6, 6.07) is 12.4. The van der Waals surface area contributed by atoms with E-state index in [1.165, 1.54) is 6.21 Å². The number of hydrazone groups is 1. The molecule has 0 aliphatic rings. The van der Waals surface area contributed by atoms with Crippen molar-refractivity contribution in [3.63, 3.8) is 0 Å². The number of hydrogen-bond donors (Lipinski definition) is 2. The number of ether oxygens (including phenoxy) is 1. The molecule has 0 fully saturated rings. The fraction of sp³-hybridized carbons (Fsp3) is 0.150. The Labute approximate surface area is 166 Å². The predicted molar refractivity (Wildman–Crippen MR) is 108 cm³/mol. The third-order valence-electron chi connectivity index (χ3n) is 3.40. The largest absolute Gasteiger partial charge is 0.480 e. The van der Waals surface area contributed by atoms with Gasteiger partial charge in [0.15, 0.2) is 0 Å². The standard InChI is InChI=1S/C20H18BrN3O3/c1-3-10-27-18-9-8-17(21)11-16(18)12-23-24-19(25)13-22-20(26)15-6-4-14(2)5-7-15/h1,4-9,11-12H,10,13H2,2H3,(H,22,26)(H,24,25)/b23-12-. The summed E-state index contributed by atoms with van der Waals surface area (Å²) in [7, 11) is 0. The Hall–Kier alpha value is -3.11. The highest BCUT2D eigenvalue weighted by atomic mass is 79.9. The number of nitrogens with one attached hydrogen (secondary N) is 2. The van der Waals surface area contributed by atoms with Crippen LogP contribution in [0.4, 0.5) is 0 Å². The van der Waals surface area contributed by atoms with Gasteiger partial charge in [0.1, 0.15) is 12.4 Å². The smallest absolute Gasteiger partial charge is 0.259 e. The van der Waals surface area contributed by atoms with Gasteiger partial charge in [-0.3, -0.25) is 9.59 Å². The molecule has 0 saturated heterocycles. The molecule has 7 heteroatoms. The van der Waals surface area contributed by atoms with E-state index in [-0.39, 0.29) is 19.1 Å². The van der Waals surface area contributed by atoms with Gasteiger partial charge in [0.25, 0.3) is 11.8 Å². The van der Waals surface area contributed by atoms with Gasteiger partial charge in [-0.2, -0.15) is 5.10 Å². The van der Waals surface area contributed by atoms with Crippen molar-refractivity contribution in [2.24, 2.45) is 5.10 Å². The third kappa shape index (κ3) is 6.60. The van der Waals surface area contributed by atoms with Crippen LogP contribution in [-0.4, -0.2) is 31.2 Å². The van der Waals surface area contributed by atoms with Gasteiger partial charge >= 0.3 is 0 Å². The Morgan fingerprint density at radius 2 is 2.00 bits per heavy atom. The maximum atomic E-state index is 12.0. The molecule has 2 rings (SSSR count). The van der Waals surface area contributed by atoms with E-state index in [9.17, 15) is 9.59 Å². The van der Waals surface area contributed by atoms with Crippen LogP contribution in [0.5, 0.6) is 5.75 Å². The summed E-state index contributed by atoms with van der Waals surface area (Å²) in [5, 5.41) is 6.42. The fourth-order valence-corrected chi connectivity index (χ4v) is 2.43. The molecule has 0 saturated carbocycles. The first kappa shape index (κ1) is 20.2. The topological polar surface area (TPSA) is 79.8 Å². The molecule has 0 atom stereocenters. The molecule has 0 spiro atoms. The molecule has 0 unspecified atom stereocenters. The van der Waals surface area contributed by atoms with Gasteiger partial charge in [0.2, 0.25) is 0 Å². The van der Waals surface area contributed by atoms with E-state index in [1.807, 2.05) is 25.1 Å². The lowest BCUT2D eigenvalue weighted by atomic mass is 10.1. The van der Waals surface area contributed by atoms with Gasteiger partial charge in [0, 0.05) is 15.6 Å². The maximum Gasteiger partial charge on any atom is 0.259 e. The summed E-state index contributed by atoms with van der Waals surface area (Å²) in [5.74, 6) is 2.15. The van der Waals surface area contributed by atoms with E-state index in [0.29, 0.717) is 16.9 Å².